The monoisotopic (exact) mass is 463 g/mol. The van der Waals surface area contributed by atoms with Crippen LogP contribution in [0.2, 0.25) is 0 Å². The van der Waals surface area contributed by atoms with Crippen LogP contribution in [0.3, 0.4) is 0 Å². The molecule has 0 saturated heterocycles. The Bertz CT molecular complexity index is 550. The van der Waals surface area contributed by atoms with Gasteiger partial charge < -0.3 is 24.8 Å². The van der Waals surface area contributed by atoms with E-state index in [4.69, 9.17) is 9.47 Å². The van der Waals surface area contributed by atoms with Gasteiger partial charge in [-0.05, 0) is 36.8 Å². The number of aromatic hydroxyl groups is 1. The number of halogens is 1. The zero-order valence-electron chi connectivity index (χ0n) is 15.3. The third-order valence-corrected chi connectivity index (χ3v) is 4.16. The molecular formula is C18H30IN3O3. The minimum Gasteiger partial charge on any atom is -0.508 e. The van der Waals surface area contributed by atoms with E-state index in [2.05, 4.69) is 15.2 Å². The standard InChI is InChI=1S/C18H29N3O3.HI/c1-19-18(21(2)10-11-24-13-14-4-5-14)20-9-8-15-6-7-16(23-3)12-17(15)22;/h6-7,12,14,22H,4-5,8-11,13H2,1-3H3,(H,19,20);1H. The van der Waals surface area contributed by atoms with Crippen LogP contribution in [0.4, 0.5) is 0 Å². The summed E-state index contributed by atoms with van der Waals surface area (Å²) in [6, 6.07) is 5.37. The average molecular weight is 463 g/mol. The molecule has 0 heterocycles. The van der Waals surface area contributed by atoms with E-state index in [0.717, 1.165) is 30.6 Å². The molecule has 1 aliphatic rings. The first-order valence-electron chi connectivity index (χ1n) is 8.49. The van der Waals surface area contributed by atoms with Crippen LogP contribution in [0.5, 0.6) is 11.5 Å². The van der Waals surface area contributed by atoms with Crippen molar-refractivity contribution in [2.75, 3.05) is 47.5 Å². The number of hydrogen-bond donors (Lipinski definition) is 2. The van der Waals surface area contributed by atoms with E-state index in [1.165, 1.54) is 12.8 Å². The van der Waals surface area contributed by atoms with Gasteiger partial charge in [0.25, 0.3) is 0 Å². The number of nitrogens with one attached hydrogen (secondary N) is 1. The highest BCUT2D eigenvalue weighted by Crippen LogP contribution is 2.28. The van der Waals surface area contributed by atoms with Crippen LogP contribution in [0, 0.1) is 5.92 Å². The zero-order chi connectivity index (χ0) is 17.4. The summed E-state index contributed by atoms with van der Waals surface area (Å²) in [6.07, 6.45) is 3.34. The van der Waals surface area contributed by atoms with Crippen LogP contribution in [-0.2, 0) is 11.2 Å². The quantitative estimate of drug-likeness (QED) is 0.255. The number of ether oxygens (including phenoxy) is 2. The van der Waals surface area contributed by atoms with Gasteiger partial charge in [0.1, 0.15) is 11.5 Å². The van der Waals surface area contributed by atoms with E-state index in [1.54, 1.807) is 20.2 Å². The highest BCUT2D eigenvalue weighted by Gasteiger charge is 2.21. The van der Waals surface area contributed by atoms with Crippen molar-refractivity contribution in [3.63, 3.8) is 0 Å². The second-order valence-electron chi connectivity index (χ2n) is 6.16. The van der Waals surface area contributed by atoms with Crippen molar-refractivity contribution in [1.82, 2.24) is 10.2 Å². The minimum absolute atomic E-state index is 0. The maximum Gasteiger partial charge on any atom is 0.193 e. The van der Waals surface area contributed by atoms with Gasteiger partial charge in [-0.3, -0.25) is 4.99 Å². The van der Waals surface area contributed by atoms with Crippen LogP contribution in [0.15, 0.2) is 23.2 Å². The molecule has 1 aliphatic carbocycles. The second-order valence-corrected chi connectivity index (χ2v) is 6.16. The summed E-state index contributed by atoms with van der Waals surface area (Å²) in [6.45, 7) is 3.10. The molecule has 142 valence electrons. The second kappa shape index (κ2) is 11.4. The topological polar surface area (TPSA) is 66.3 Å². The van der Waals surface area contributed by atoms with Crippen LogP contribution < -0.4 is 10.1 Å². The molecule has 7 heteroatoms. The summed E-state index contributed by atoms with van der Waals surface area (Å²) in [5.74, 6) is 2.54. The van der Waals surface area contributed by atoms with Crippen molar-refractivity contribution >= 4 is 29.9 Å². The van der Waals surface area contributed by atoms with E-state index in [-0.39, 0.29) is 29.7 Å². The number of phenols is 1. The summed E-state index contributed by atoms with van der Waals surface area (Å²) in [7, 11) is 5.36. The summed E-state index contributed by atoms with van der Waals surface area (Å²) < 4.78 is 10.8. The van der Waals surface area contributed by atoms with E-state index in [9.17, 15) is 5.11 Å². The van der Waals surface area contributed by atoms with Crippen LogP contribution in [0.25, 0.3) is 0 Å². The van der Waals surface area contributed by atoms with Gasteiger partial charge in [0.15, 0.2) is 5.96 Å². The van der Waals surface area contributed by atoms with Crippen molar-refractivity contribution in [3.05, 3.63) is 23.8 Å². The van der Waals surface area contributed by atoms with Crippen LogP contribution in [0.1, 0.15) is 18.4 Å². The summed E-state index contributed by atoms with van der Waals surface area (Å²) in [5.41, 5.74) is 0.883. The third-order valence-electron chi connectivity index (χ3n) is 4.16. The van der Waals surface area contributed by atoms with Gasteiger partial charge in [-0.2, -0.15) is 0 Å². The maximum atomic E-state index is 9.98. The number of guanidine groups is 1. The fourth-order valence-electron chi connectivity index (χ4n) is 2.42. The lowest BCUT2D eigenvalue weighted by atomic mass is 10.1. The fraction of sp³-hybridized carbons (Fsp3) is 0.611. The minimum atomic E-state index is 0. The Morgan fingerprint density at radius 3 is 2.76 bits per heavy atom. The molecule has 1 aromatic rings. The van der Waals surface area contributed by atoms with Crippen molar-refractivity contribution < 1.29 is 14.6 Å². The van der Waals surface area contributed by atoms with Gasteiger partial charge in [-0.15, -0.1) is 24.0 Å². The van der Waals surface area contributed by atoms with Crippen molar-refractivity contribution in [2.45, 2.75) is 19.3 Å². The first-order valence-corrected chi connectivity index (χ1v) is 8.49. The predicted molar refractivity (Wildman–Crippen MR) is 111 cm³/mol. The average Bonchev–Trinajstić information content (AvgIpc) is 3.41. The molecule has 2 N–H and O–H groups in total. The van der Waals surface area contributed by atoms with E-state index in [0.29, 0.717) is 25.3 Å². The smallest absolute Gasteiger partial charge is 0.193 e. The summed E-state index contributed by atoms with van der Waals surface area (Å²) in [5, 5.41) is 13.3. The Hall–Kier alpha value is -1.22. The van der Waals surface area contributed by atoms with Crippen molar-refractivity contribution in [1.29, 1.82) is 0 Å². The molecule has 6 nitrogen and oxygen atoms in total. The molecule has 1 fully saturated rings. The molecule has 0 radical (unpaired) electrons. The Balaban J connectivity index is 0.00000312. The summed E-state index contributed by atoms with van der Waals surface area (Å²) in [4.78, 5) is 6.34. The normalized spacial score (nSPS) is 14.0. The molecule has 0 aromatic heterocycles. The van der Waals surface area contributed by atoms with Crippen molar-refractivity contribution in [3.8, 4) is 11.5 Å². The first-order chi connectivity index (χ1) is 11.6. The number of likely N-dealkylation sites (N-methyl/N-ethyl adjacent to an activating group) is 1. The van der Waals surface area contributed by atoms with Gasteiger partial charge in [0.05, 0.1) is 13.7 Å². The maximum absolute atomic E-state index is 9.98. The Morgan fingerprint density at radius 1 is 1.40 bits per heavy atom. The molecule has 0 unspecified atom stereocenters. The molecule has 1 saturated carbocycles. The molecule has 0 aliphatic heterocycles. The lowest BCUT2D eigenvalue weighted by Crippen LogP contribution is -2.41. The Kier molecular flexibility index (Phi) is 9.96. The largest absolute Gasteiger partial charge is 0.508 e. The van der Waals surface area contributed by atoms with Crippen LogP contribution in [-0.4, -0.2) is 63.5 Å². The Labute approximate surface area is 167 Å². The number of phenolic OH excluding ortho intramolecular Hbond substituents is 1. The number of hydrogen-bond acceptors (Lipinski definition) is 4. The molecule has 25 heavy (non-hydrogen) atoms. The number of rotatable bonds is 9. The molecule has 2 rings (SSSR count). The molecule has 1 aromatic carbocycles. The Morgan fingerprint density at radius 2 is 2.16 bits per heavy atom. The molecule has 0 atom stereocenters. The highest BCUT2D eigenvalue weighted by atomic mass is 127. The molecular weight excluding hydrogens is 433 g/mol. The third kappa shape index (κ3) is 7.68. The van der Waals surface area contributed by atoms with Gasteiger partial charge in [0.2, 0.25) is 0 Å². The number of benzene rings is 1. The SMILES string of the molecule is CN=C(NCCc1ccc(OC)cc1O)N(C)CCOCC1CC1.I. The predicted octanol–water partition coefficient (Wildman–Crippen LogP) is 2.50. The molecule has 0 amide bonds. The van der Waals surface area contributed by atoms with E-state index in [1.807, 2.05) is 19.2 Å². The summed E-state index contributed by atoms with van der Waals surface area (Å²) >= 11 is 0. The number of methoxy groups -OCH3 is 1. The molecule has 0 spiro atoms. The van der Waals surface area contributed by atoms with Gasteiger partial charge in [-0.25, -0.2) is 0 Å². The van der Waals surface area contributed by atoms with Crippen molar-refractivity contribution in [2.24, 2.45) is 10.9 Å². The van der Waals surface area contributed by atoms with Crippen LogP contribution >= 0.6 is 24.0 Å². The number of nitrogens with zero attached hydrogens (tertiary/aromatic N) is 2. The van der Waals surface area contributed by atoms with Gasteiger partial charge in [-0.1, -0.05) is 6.07 Å². The lowest BCUT2D eigenvalue weighted by Gasteiger charge is -2.22. The highest BCUT2D eigenvalue weighted by molar-refractivity contribution is 14.0. The van der Waals surface area contributed by atoms with E-state index >= 15 is 0 Å². The zero-order valence-corrected chi connectivity index (χ0v) is 17.7. The van der Waals surface area contributed by atoms with Gasteiger partial charge in [0, 0.05) is 39.9 Å². The number of aliphatic imine (C=N–C) groups is 1. The lowest BCUT2D eigenvalue weighted by molar-refractivity contribution is 0.115. The van der Waals surface area contributed by atoms with Gasteiger partial charge >= 0.3 is 0 Å². The van der Waals surface area contributed by atoms with E-state index < -0.39 is 0 Å². The first kappa shape index (κ1) is 21.8. The fourth-order valence-corrected chi connectivity index (χ4v) is 2.42. The molecule has 0 bridgehead atoms.